The number of oxazole rings is 1. The number of fused-ring (bicyclic) bond motifs is 2. The molecule has 2 saturated heterocycles. The number of nitrogens with zero attached hydrogens (tertiary/aromatic N) is 5. The van der Waals surface area contributed by atoms with Crippen molar-refractivity contribution in [3.05, 3.63) is 48.0 Å². The van der Waals surface area contributed by atoms with Gasteiger partial charge in [0.2, 0.25) is 0 Å². The van der Waals surface area contributed by atoms with E-state index in [1.54, 1.807) is 13.2 Å². The Kier molecular flexibility index (Phi) is 4.98. The monoisotopic (exact) mass is 449 g/mol. The molecule has 0 amide bonds. The second-order valence-corrected chi connectivity index (χ2v) is 9.22. The van der Waals surface area contributed by atoms with Crippen LogP contribution in [0.2, 0.25) is 0 Å². The number of ether oxygens (including phenoxy) is 1. The molecule has 8 heteroatoms. The SMILES string of the molecule is COC1CCN(c2nc3cc(N4CCC(c5cn(C)c6ncc(F)cc56)C4)ccc3o2)CC1. The summed E-state index contributed by atoms with van der Waals surface area (Å²) in [6.07, 6.45) is 6.72. The number of benzene rings is 1. The number of hydrogen-bond acceptors (Lipinski definition) is 6. The van der Waals surface area contributed by atoms with E-state index in [1.807, 2.05) is 17.7 Å². The predicted molar refractivity (Wildman–Crippen MR) is 126 cm³/mol. The smallest absolute Gasteiger partial charge is 0.298 e. The van der Waals surface area contributed by atoms with Crippen molar-refractivity contribution in [3.8, 4) is 0 Å². The molecule has 1 unspecified atom stereocenters. The summed E-state index contributed by atoms with van der Waals surface area (Å²) in [5.41, 5.74) is 4.85. The molecule has 6 rings (SSSR count). The fourth-order valence-corrected chi connectivity index (χ4v) is 5.36. The summed E-state index contributed by atoms with van der Waals surface area (Å²) in [5.74, 6) is 0.0477. The van der Waals surface area contributed by atoms with Gasteiger partial charge in [0.1, 0.15) is 17.0 Å². The molecule has 0 spiro atoms. The van der Waals surface area contributed by atoms with Gasteiger partial charge in [-0.15, -0.1) is 0 Å². The normalized spacial score (nSPS) is 19.9. The van der Waals surface area contributed by atoms with Crippen LogP contribution in [0.1, 0.15) is 30.7 Å². The van der Waals surface area contributed by atoms with Crippen molar-refractivity contribution in [2.45, 2.75) is 31.3 Å². The molecule has 0 N–H and O–H groups in total. The lowest BCUT2D eigenvalue weighted by Gasteiger charge is -2.29. The van der Waals surface area contributed by atoms with Crippen molar-refractivity contribution in [2.75, 3.05) is 43.1 Å². The predicted octanol–water partition coefficient (Wildman–Crippen LogP) is 4.46. The van der Waals surface area contributed by atoms with Gasteiger partial charge in [-0.05, 0) is 49.1 Å². The first-order valence-corrected chi connectivity index (χ1v) is 11.6. The highest BCUT2D eigenvalue weighted by Crippen LogP contribution is 2.36. The van der Waals surface area contributed by atoms with Gasteiger partial charge >= 0.3 is 0 Å². The lowest BCUT2D eigenvalue weighted by Crippen LogP contribution is -2.36. The topological polar surface area (TPSA) is 59.6 Å². The van der Waals surface area contributed by atoms with Crippen LogP contribution < -0.4 is 9.80 Å². The Morgan fingerprint density at radius 2 is 1.91 bits per heavy atom. The van der Waals surface area contributed by atoms with E-state index in [4.69, 9.17) is 14.1 Å². The number of hydrogen-bond donors (Lipinski definition) is 0. The van der Waals surface area contributed by atoms with Crippen LogP contribution >= 0.6 is 0 Å². The largest absolute Gasteiger partial charge is 0.423 e. The number of rotatable bonds is 4. The van der Waals surface area contributed by atoms with E-state index < -0.39 is 0 Å². The van der Waals surface area contributed by atoms with E-state index >= 15 is 0 Å². The molecule has 0 aliphatic carbocycles. The quantitative estimate of drug-likeness (QED) is 0.458. The third kappa shape index (κ3) is 3.62. The molecule has 1 atom stereocenters. The van der Waals surface area contributed by atoms with Gasteiger partial charge in [-0.25, -0.2) is 9.37 Å². The molecule has 2 aliphatic rings. The van der Waals surface area contributed by atoms with Crippen molar-refractivity contribution in [1.82, 2.24) is 14.5 Å². The Labute approximate surface area is 191 Å². The zero-order chi connectivity index (χ0) is 22.5. The third-order valence-corrected chi connectivity index (χ3v) is 7.21. The first-order valence-electron chi connectivity index (χ1n) is 11.6. The molecule has 2 fully saturated rings. The molecule has 33 heavy (non-hydrogen) atoms. The first kappa shape index (κ1) is 20.5. The van der Waals surface area contributed by atoms with Crippen LogP contribution in [0.15, 0.2) is 41.1 Å². The number of methoxy groups -OCH3 is 1. The van der Waals surface area contributed by atoms with Crippen molar-refractivity contribution in [1.29, 1.82) is 0 Å². The molecule has 1 aromatic carbocycles. The lowest BCUT2D eigenvalue weighted by atomic mass is 9.99. The summed E-state index contributed by atoms with van der Waals surface area (Å²) in [5, 5.41) is 0.915. The number of aromatic nitrogens is 3. The highest BCUT2D eigenvalue weighted by atomic mass is 19.1. The Morgan fingerprint density at radius 3 is 2.73 bits per heavy atom. The van der Waals surface area contributed by atoms with Crippen LogP contribution in [-0.2, 0) is 11.8 Å². The molecule has 4 aromatic rings. The molecule has 0 radical (unpaired) electrons. The van der Waals surface area contributed by atoms with Gasteiger partial charge in [-0.2, -0.15) is 4.98 Å². The minimum atomic E-state index is -0.288. The van der Waals surface area contributed by atoms with Gasteiger partial charge in [-0.3, -0.25) is 0 Å². The van der Waals surface area contributed by atoms with Gasteiger partial charge < -0.3 is 23.5 Å². The van der Waals surface area contributed by atoms with Crippen molar-refractivity contribution in [3.63, 3.8) is 0 Å². The van der Waals surface area contributed by atoms with Crippen LogP contribution in [0.4, 0.5) is 16.1 Å². The van der Waals surface area contributed by atoms with Gasteiger partial charge in [0.25, 0.3) is 6.01 Å². The maximum Gasteiger partial charge on any atom is 0.298 e. The molecule has 0 saturated carbocycles. The Hall–Kier alpha value is -3.13. The van der Waals surface area contributed by atoms with Crippen LogP contribution in [0.5, 0.6) is 0 Å². The summed E-state index contributed by atoms with van der Waals surface area (Å²) >= 11 is 0. The first-order chi connectivity index (χ1) is 16.1. The average molecular weight is 450 g/mol. The van der Waals surface area contributed by atoms with Gasteiger partial charge in [-0.1, -0.05) is 0 Å². The minimum Gasteiger partial charge on any atom is -0.423 e. The van der Waals surface area contributed by atoms with Gasteiger partial charge in [0.05, 0.1) is 12.3 Å². The molecule has 0 bridgehead atoms. The van der Waals surface area contributed by atoms with Crippen molar-refractivity contribution < 1.29 is 13.5 Å². The number of halogens is 1. The van der Waals surface area contributed by atoms with Crippen LogP contribution in [0.3, 0.4) is 0 Å². The van der Waals surface area contributed by atoms with Crippen LogP contribution in [-0.4, -0.2) is 53.9 Å². The van der Waals surface area contributed by atoms with Crippen LogP contribution in [0, 0.1) is 5.82 Å². The van der Waals surface area contributed by atoms with E-state index in [0.717, 1.165) is 73.3 Å². The number of aryl methyl sites for hydroxylation is 1. The summed E-state index contributed by atoms with van der Waals surface area (Å²) in [7, 11) is 3.75. The van der Waals surface area contributed by atoms with Gasteiger partial charge in [0, 0.05) is 63.5 Å². The average Bonchev–Trinajstić information content (AvgIpc) is 3.55. The fraction of sp³-hybridized carbons (Fsp3) is 0.440. The van der Waals surface area contributed by atoms with Crippen molar-refractivity contribution in [2.24, 2.45) is 7.05 Å². The zero-order valence-electron chi connectivity index (χ0n) is 19.0. The van der Waals surface area contributed by atoms with Crippen molar-refractivity contribution >= 4 is 33.8 Å². The maximum atomic E-state index is 13.9. The molecule has 3 aromatic heterocycles. The summed E-state index contributed by atoms with van der Waals surface area (Å²) in [4.78, 5) is 13.7. The lowest BCUT2D eigenvalue weighted by molar-refractivity contribution is 0.0811. The van der Waals surface area contributed by atoms with Crippen LogP contribution in [0.25, 0.3) is 22.1 Å². The summed E-state index contributed by atoms with van der Waals surface area (Å²) in [6.45, 7) is 3.62. The maximum absolute atomic E-state index is 13.9. The fourth-order valence-electron chi connectivity index (χ4n) is 5.36. The van der Waals surface area contributed by atoms with E-state index in [-0.39, 0.29) is 5.82 Å². The number of piperidine rings is 1. The zero-order valence-corrected chi connectivity index (χ0v) is 19.0. The second-order valence-electron chi connectivity index (χ2n) is 9.22. The third-order valence-electron chi connectivity index (χ3n) is 7.21. The van der Waals surface area contributed by atoms with Gasteiger partial charge in [0.15, 0.2) is 5.58 Å². The minimum absolute atomic E-state index is 0.288. The standard InChI is InChI=1S/C25H28FN5O2/c1-29-15-21(20-11-17(26)13-27-24(20)29)16-5-8-31(14-16)18-3-4-23-22(12-18)28-25(33-23)30-9-6-19(32-2)7-10-30/h3-4,11-13,15-16,19H,5-10,14H2,1-2H3. The van der Waals surface area contributed by atoms with E-state index in [9.17, 15) is 4.39 Å². The number of pyridine rings is 1. The Balaban J connectivity index is 1.22. The van der Waals surface area contributed by atoms with E-state index in [1.165, 1.54) is 11.8 Å². The Bertz CT molecular complexity index is 1310. The molecule has 7 nitrogen and oxygen atoms in total. The molecular formula is C25H28FN5O2. The second kappa shape index (κ2) is 8.02. The molecular weight excluding hydrogens is 421 g/mol. The number of anilines is 2. The molecule has 172 valence electrons. The summed E-state index contributed by atoms with van der Waals surface area (Å²) in [6, 6.07) is 8.56. The highest BCUT2D eigenvalue weighted by Gasteiger charge is 2.28. The molecule has 5 heterocycles. The molecule has 2 aliphatic heterocycles. The highest BCUT2D eigenvalue weighted by molar-refractivity contribution is 5.82. The van der Waals surface area contributed by atoms with E-state index in [0.29, 0.717) is 18.0 Å². The summed E-state index contributed by atoms with van der Waals surface area (Å²) < 4.78 is 27.4. The Morgan fingerprint density at radius 1 is 1.09 bits per heavy atom. The van der Waals surface area contributed by atoms with E-state index in [2.05, 4.69) is 33.1 Å².